The zero-order valence-corrected chi connectivity index (χ0v) is 12.6. The Morgan fingerprint density at radius 2 is 2.05 bits per heavy atom. The summed E-state index contributed by atoms with van der Waals surface area (Å²) < 4.78 is 19.3. The molecule has 2 aromatic heterocycles. The molecular weight excluding hydrogens is 341 g/mol. The number of hydrogen-bond acceptors (Lipinski definition) is 3. The van der Waals surface area contributed by atoms with Crippen molar-refractivity contribution in [3.63, 3.8) is 0 Å². The minimum atomic E-state index is -0.271. The third-order valence-corrected chi connectivity index (χ3v) is 4.04. The molecule has 1 aromatic carbocycles. The molecule has 3 aromatic rings. The molecule has 3 rings (SSSR count). The molecule has 0 atom stereocenters. The first-order valence-electron chi connectivity index (χ1n) is 5.85. The Kier molecular flexibility index (Phi) is 3.80. The fourth-order valence-electron chi connectivity index (χ4n) is 1.69. The first-order valence-corrected chi connectivity index (χ1v) is 7.52. The van der Waals surface area contributed by atoms with Crippen LogP contribution in [0.25, 0.3) is 21.9 Å². The van der Waals surface area contributed by atoms with Crippen LogP contribution in [0.3, 0.4) is 0 Å². The van der Waals surface area contributed by atoms with Crippen LogP contribution in [0.15, 0.2) is 52.4 Å². The Morgan fingerprint density at radius 1 is 1.25 bits per heavy atom. The number of rotatable bonds is 3. The summed E-state index contributed by atoms with van der Waals surface area (Å²) in [6.07, 6.45) is 3.58. The second kappa shape index (κ2) is 5.73. The molecule has 0 fully saturated rings. The van der Waals surface area contributed by atoms with Crippen LogP contribution in [0.5, 0.6) is 0 Å². The van der Waals surface area contributed by atoms with Crippen LogP contribution in [-0.2, 0) is 0 Å². The zero-order valence-electron chi connectivity index (χ0n) is 10.2. The van der Waals surface area contributed by atoms with Gasteiger partial charge < -0.3 is 4.42 Å². The van der Waals surface area contributed by atoms with Gasteiger partial charge in [-0.2, -0.15) is 0 Å². The lowest BCUT2D eigenvalue weighted by Crippen LogP contribution is -1.75. The SMILES string of the molecule is Fc1ccc(-c2cnc(/C(Br)=C/c3cccs3)o2)cc1. The fraction of sp³-hybridized carbons (Fsp3) is 0. The van der Waals surface area contributed by atoms with E-state index in [0.29, 0.717) is 11.7 Å². The van der Waals surface area contributed by atoms with Crippen LogP contribution in [0.2, 0.25) is 0 Å². The van der Waals surface area contributed by atoms with E-state index >= 15 is 0 Å². The van der Waals surface area contributed by atoms with Crippen molar-refractivity contribution in [2.24, 2.45) is 0 Å². The predicted molar refractivity (Wildman–Crippen MR) is 83.0 cm³/mol. The Labute approximate surface area is 127 Å². The van der Waals surface area contributed by atoms with E-state index in [-0.39, 0.29) is 5.82 Å². The normalized spacial score (nSPS) is 11.8. The van der Waals surface area contributed by atoms with Gasteiger partial charge in [-0.15, -0.1) is 11.3 Å². The number of halogens is 2. The zero-order chi connectivity index (χ0) is 13.9. The van der Waals surface area contributed by atoms with Crippen molar-refractivity contribution in [2.45, 2.75) is 0 Å². The molecule has 0 spiro atoms. The summed E-state index contributed by atoms with van der Waals surface area (Å²) in [6.45, 7) is 0. The molecule has 0 amide bonds. The van der Waals surface area contributed by atoms with Gasteiger partial charge in [0.2, 0.25) is 5.89 Å². The number of nitrogens with zero attached hydrogens (tertiary/aromatic N) is 1. The molecule has 0 bridgehead atoms. The van der Waals surface area contributed by atoms with Gasteiger partial charge in [0.15, 0.2) is 5.76 Å². The van der Waals surface area contributed by atoms with Crippen LogP contribution < -0.4 is 0 Å². The topological polar surface area (TPSA) is 26.0 Å². The molecule has 0 aliphatic rings. The van der Waals surface area contributed by atoms with Crippen molar-refractivity contribution in [2.75, 3.05) is 0 Å². The average Bonchev–Trinajstić information content (AvgIpc) is 3.10. The van der Waals surface area contributed by atoms with Crippen molar-refractivity contribution in [3.05, 3.63) is 64.6 Å². The Balaban J connectivity index is 1.88. The maximum absolute atomic E-state index is 12.9. The molecule has 100 valence electrons. The van der Waals surface area contributed by atoms with E-state index in [1.54, 1.807) is 29.7 Å². The number of thiophene rings is 1. The predicted octanol–water partition coefficient (Wildman–Crippen LogP) is 5.44. The summed E-state index contributed by atoms with van der Waals surface area (Å²) in [4.78, 5) is 5.33. The number of aromatic nitrogens is 1. The van der Waals surface area contributed by atoms with Crippen LogP contribution in [0.4, 0.5) is 4.39 Å². The molecular formula is C15H9BrFNOS. The highest BCUT2D eigenvalue weighted by molar-refractivity contribution is 9.15. The largest absolute Gasteiger partial charge is 0.436 e. The molecule has 0 saturated carbocycles. The van der Waals surface area contributed by atoms with E-state index < -0.39 is 0 Å². The Hall–Kier alpha value is -1.72. The smallest absolute Gasteiger partial charge is 0.233 e. The van der Waals surface area contributed by atoms with Crippen molar-refractivity contribution in [1.29, 1.82) is 0 Å². The second-order valence-corrected chi connectivity index (χ2v) is 5.88. The summed E-state index contributed by atoms with van der Waals surface area (Å²) in [5.41, 5.74) is 0.793. The van der Waals surface area contributed by atoms with E-state index in [9.17, 15) is 4.39 Å². The third kappa shape index (κ3) is 2.89. The molecule has 0 aliphatic carbocycles. The van der Waals surface area contributed by atoms with E-state index in [4.69, 9.17) is 4.42 Å². The third-order valence-electron chi connectivity index (χ3n) is 2.65. The summed E-state index contributed by atoms with van der Waals surface area (Å²) in [5, 5.41) is 2.01. The molecule has 0 aliphatic heterocycles. The quantitative estimate of drug-likeness (QED) is 0.629. The molecule has 0 saturated heterocycles. The average molecular weight is 350 g/mol. The van der Waals surface area contributed by atoms with Gasteiger partial charge in [0.1, 0.15) is 5.82 Å². The van der Waals surface area contributed by atoms with Crippen molar-refractivity contribution in [3.8, 4) is 11.3 Å². The van der Waals surface area contributed by atoms with Gasteiger partial charge in [0, 0.05) is 10.4 Å². The lowest BCUT2D eigenvalue weighted by molar-refractivity contribution is 0.559. The lowest BCUT2D eigenvalue weighted by Gasteiger charge is -1.96. The first kappa shape index (κ1) is 13.3. The van der Waals surface area contributed by atoms with Crippen molar-refractivity contribution < 1.29 is 8.81 Å². The van der Waals surface area contributed by atoms with Crippen molar-refractivity contribution >= 4 is 37.8 Å². The van der Waals surface area contributed by atoms with E-state index in [1.807, 2.05) is 23.6 Å². The number of hydrogen-bond donors (Lipinski definition) is 0. The highest BCUT2D eigenvalue weighted by Gasteiger charge is 2.09. The van der Waals surface area contributed by atoms with Gasteiger partial charge in [0.25, 0.3) is 0 Å². The minimum absolute atomic E-state index is 0.271. The lowest BCUT2D eigenvalue weighted by atomic mass is 10.2. The number of oxazole rings is 1. The molecule has 2 heterocycles. The van der Waals surface area contributed by atoms with Gasteiger partial charge in [-0.05, 0) is 57.7 Å². The summed E-state index contributed by atoms with van der Waals surface area (Å²) in [5.74, 6) is 0.835. The van der Waals surface area contributed by atoms with Crippen LogP contribution in [-0.4, -0.2) is 4.98 Å². The number of benzene rings is 1. The molecule has 0 N–H and O–H groups in total. The highest BCUT2D eigenvalue weighted by Crippen LogP contribution is 2.29. The summed E-state index contributed by atoms with van der Waals surface area (Å²) in [6, 6.07) is 10.1. The molecule has 5 heteroatoms. The van der Waals surface area contributed by atoms with Gasteiger partial charge >= 0.3 is 0 Å². The van der Waals surface area contributed by atoms with E-state index in [2.05, 4.69) is 20.9 Å². The van der Waals surface area contributed by atoms with Crippen molar-refractivity contribution in [1.82, 2.24) is 4.98 Å². The highest BCUT2D eigenvalue weighted by atomic mass is 79.9. The summed E-state index contributed by atoms with van der Waals surface area (Å²) in [7, 11) is 0. The van der Waals surface area contributed by atoms with Crippen LogP contribution in [0, 0.1) is 5.82 Å². The van der Waals surface area contributed by atoms with Gasteiger partial charge in [0.05, 0.1) is 10.7 Å². The van der Waals surface area contributed by atoms with Crippen LogP contribution in [0.1, 0.15) is 10.8 Å². The summed E-state index contributed by atoms with van der Waals surface area (Å²) >= 11 is 5.09. The molecule has 2 nitrogen and oxygen atoms in total. The molecule has 0 radical (unpaired) electrons. The van der Waals surface area contributed by atoms with Crippen LogP contribution >= 0.6 is 27.3 Å². The van der Waals surface area contributed by atoms with Gasteiger partial charge in [-0.25, -0.2) is 9.37 Å². The van der Waals surface area contributed by atoms with Gasteiger partial charge in [-0.1, -0.05) is 6.07 Å². The first-order chi connectivity index (χ1) is 9.72. The standard InChI is InChI=1S/C15H9BrFNOS/c16-13(8-12-2-1-7-20-12)15-18-9-14(19-15)10-3-5-11(17)6-4-10/h1-9H/b13-8-. The second-order valence-electron chi connectivity index (χ2n) is 4.04. The van der Waals surface area contributed by atoms with Gasteiger partial charge in [-0.3, -0.25) is 0 Å². The minimum Gasteiger partial charge on any atom is -0.436 e. The maximum Gasteiger partial charge on any atom is 0.233 e. The Morgan fingerprint density at radius 3 is 2.75 bits per heavy atom. The molecule has 0 unspecified atom stereocenters. The van der Waals surface area contributed by atoms with E-state index in [0.717, 1.165) is 14.9 Å². The molecule has 20 heavy (non-hydrogen) atoms. The monoisotopic (exact) mass is 349 g/mol. The fourth-order valence-corrected chi connectivity index (χ4v) is 2.93. The van der Waals surface area contributed by atoms with E-state index in [1.165, 1.54) is 12.1 Å². The Bertz CT molecular complexity index is 732. The maximum atomic E-state index is 12.9.